The molecule has 0 aliphatic carbocycles. The van der Waals surface area contributed by atoms with Crippen LogP contribution in [-0.2, 0) is 6.42 Å². The van der Waals surface area contributed by atoms with E-state index in [9.17, 15) is 4.79 Å². The first-order valence-corrected chi connectivity index (χ1v) is 6.78. The number of carbonyl (C=O) groups is 1. The smallest absolute Gasteiger partial charge is 0.326 e. The molecule has 3 N–H and O–H groups in total. The number of benzene rings is 2. The van der Waals surface area contributed by atoms with Gasteiger partial charge in [0.25, 0.3) is 0 Å². The van der Waals surface area contributed by atoms with Gasteiger partial charge in [-0.2, -0.15) is 0 Å². The maximum atomic E-state index is 12.4. The number of amides is 2. The SMILES string of the molecule is COc1ccc(NC(=O)N2CCc3ccc(N)cc32)cc1. The van der Waals surface area contributed by atoms with E-state index >= 15 is 0 Å². The lowest BCUT2D eigenvalue weighted by atomic mass is 10.1. The number of nitrogen functional groups attached to an aromatic ring is 1. The first kappa shape index (κ1) is 13.3. The van der Waals surface area contributed by atoms with Crippen LogP contribution in [0.3, 0.4) is 0 Å². The number of nitrogens with two attached hydrogens (primary N) is 1. The summed E-state index contributed by atoms with van der Waals surface area (Å²) in [5.41, 5.74) is 9.24. The monoisotopic (exact) mass is 283 g/mol. The van der Waals surface area contributed by atoms with Gasteiger partial charge in [0, 0.05) is 17.9 Å². The molecule has 21 heavy (non-hydrogen) atoms. The summed E-state index contributed by atoms with van der Waals surface area (Å²) in [6.07, 6.45) is 0.853. The lowest BCUT2D eigenvalue weighted by molar-refractivity contribution is 0.257. The van der Waals surface area contributed by atoms with E-state index in [1.54, 1.807) is 12.0 Å². The van der Waals surface area contributed by atoms with E-state index in [4.69, 9.17) is 10.5 Å². The van der Waals surface area contributed by atoms with Crippen LogP contribution in [0.1, 0.15) is 5.56 Å². The third-order valence-corrected chi connectivity index (χ3v) is 3.59. The number of anilines is 3. The molecule has 5 nitrogen and oxygen atoms in total. The van der Waals surface area contributed by atoms with Crippen molar-refractivity contribution in [3.05, 3.63) is 48.0 Å². The molecular weight excluding hydrogens is 266 g/mol. The van der Waals surface area contributed by atoms with Gasteiger partial charge < -0.3 is 15.8 Å². The highest BCUT2D eigenvalue weighted by molar-refractivity contribution is 6.03. The molecule has 0 fully saturated rings. The molecule has 0 saturated heterocycles. The lowest BCUT2D eigenvalue weighted by Gasteiger charge is -2.18. The number of hydrogen-bond donors (Lipinski definition) is 2. The maximum absolute atomic E-state index is 12.4. The Morgan fingerprint density at radius 3 is 2.71 bits per heavy atom. The molecule has 1 heterocycles. The number of nitrogens with zero attached hydrogens (tertiary/aromatic N) is 1. The molecule has 3 rings (SSSR count). The van der Waals surface area contributed by atoms with Gasteiger partial charge in [-0.3, -0.25) is 4.90 Å². The van der Waals surface area contributed by atoms with Crippen molar-refractivity contribution >= 4 is 23.1 Å². The van der Waals surface area contributed by atoms with Crippen LogP contribution in [0.15, 0.2) is 42.5 Å². The van der Waals surface area contributed by atoms with Gasteiger partial charge in [-0.15, -0.1) is 0 Å². The molecule has 1 aliphatic rings. The van der Waals surface area contributed by atoms with Gasteiger partial charge in [-0.25, -0.2) is 4.79 Å². The summed E-state index contributed by atoms with van der Waals surface area (Å²) in [5.74, 6) is 0.757. The summed E-state index contributed by atoms with van der Waals surface area (Å²) >= 11 is 0. The van der Waals surface area contributed by atoms with Gasteiger partial charge >= 0.3 is 6.03 Å². The first-order chi connectivity index (χ1) is 10.2. The average molecular weight is 283 g/mol. The van der Waals surface area contributed by atoms with E-state index in [0.29, 0.717) is 12.2 Å². The predicted molar refractivity (Wildman–Crippen MR) is 83.9 cm³/mol. The van der Waals surface area contributed by atoms with Gasteiger partial charge in [0.2, 0.25) is 0 Å². The topological polar surface area (TPSA) is 67.6 Å². The van der Waals surface area contributed by atoms with Crippen molar-refractivity contribution < 1.29 is 9.53 Å². The van der Waals surface area contributed by atoms with Crippen molar-refractivity contribution in [1.82, 2.24) is 0 Å². The Balaban J connectivity index is 1.76. The molecule has 1 aliphatic heterocycles. The Morgan fingerprint density at radius 1 is 1.24 bits per heavy atom. The molecule has 0 unspecified atom stereocenters. The zero-order valence-electron chi connectivity index (χ0n) is 11.8. The molecule has 0 aromatic heterocycles. The normalized spacial score (nSPS) is 12.9. The second kappa shape index (κ2) is 5.36. The molecule has 0 bridgehead atoms. The molecule has 0 spiro atoms. The minimum absolute atomic E-state index is 0.149. The Bertz CT molecular complexity index is 668. The van der Waals surface area contributed by atoms with Crippen LogP contribution >= 0.6 is 0 Å². The van der Waals surface area contributed by atoms with Crippen molar-refractivity contribution in [2.45, 2.75) is 6.42 Å². The molecule has 5 heteroatoms. The second-order valence-electron chi connectivity index (χ2n) is 4.95. The van der Waals surface area contributed by atoms with Gasteiger partial charge in [-0.05, 0) is 48.4 Å². The van der Waals surface area contributed by atoms with Crippen LogP contribution < -0.4 is 20.7 Å². The van der Waals surface area contributed by atoms with Crippen molar-refractivity contribution in [3.8, 4) is 5.75 Å². The fourth-order valence-corrected chi connectivity index (χ4v) is 2.47. The molecule has 2 amide bonds. The third-order valence-electron chi connectivity index (χ3n) is 3.59. The maximum Gasteiger partial charge on any atom is 0.326 e. The number of carbonyl (C=O) groups excluding carboxylic acids is 1. The average Bonchev–Trinajstić information content (AvgIpc) is 2.91. The third kappa shape index (κ3) is 2.63. The van der Waals surface area contributed by atoms with Gasteiger partial charge in [0.05, 0.1) is 12.8 Å². The number of fused-ring (bicyclic) bond motifs is 1. The standard InChI is InChI=1S/C16H17N3O2/c1-21-14-6-4-13(5-7-14)18-16(20)19-9-8-11-2-3-12(17)10-15(11)19/h2-7,10H,8-9,17H2,1H3,(H,18,20). The summed E-state index contributed by atoms with van der Waals surface area (Å²) in [6, 6.07) is 12.8. The fourth-order valence-electron chi connectivity index (χ4n) is 2.47. The zero-order chi connectivity index (χ0) is 14.8. The van der Waals surface area contributed by atoms with Crippen LogP contribution in [0, 0.1) is 0 Å². The van der Waals surface area contributed by atoms with Crippen LogP contribution in [0.4, 0.5) is 21.9 Å². The Kier molecular flexibility index (Phi) is 3.39. The zero-order valence-corrected chi connectivity index (χ0v) is 11.8. The van der Waals surface area contributed by atoms with Gasteiger partial charge in [0.15, 0.2) is 0 Å². The van der Waals surface area contributed by atoms with Crippen molar-refractivity contribution in [2.75, 3.05) is 29.6 Å². The highest BCUT2D eigenvalue weighted by Gasteiger charge is 2.24. The summed E-state index contributed by atoms with van der Waals surface area (Å²) in [6.45, 7) is 0.667. The minimum Gasteiger partial charge on any atom is -0.497 e. The summed E-state index contributed by atoms with van der Waals surface area (Å²) in [5, 5.41) is 2.89. The van der Waals surface area contributed by atoms with Gasteiger partial charge in [0.1, 0.15) is 5.75 Å². The number of hydrogen-bond acceptors (Lipinski definition) is 3. The lowest BCUT2D eigenvalue weighted by Crippen LogP contribution is -2.33. The molecule has 108 valence electrons. The summed E-state index contributed by atoms with van der Waals surface area (Å²) in [7, 11) is 1.61. The van der Waals surface area contributed by atoms with Crippen molar-refractivity contribution in [3.63, 3.8) is 0 Å². The van der Waals surface area contributed by atoms with E-state index in [-0.39, 0.29) is 6.03 Å². The Labute approximate surface area is 123 Å². The number of urea groups is 1. The highest BCUT2D eigenvalue weighted by atomic mass is 16.5. The first-order valence-electron chi connectivity index (χ1n) is 6.78. The second-order valence-corrected chi connectivity index (χ2v) is 4.95. The van der Waals surface area contributed by atoms with Crippen molar-refractivity contribution in [1.29, 1.82) is 0 Å². The van der Waals surface area contributed by atoms with E-state index < -0.39 is 0 Å². The Hall–Kier alpha value is -2.69. The van der Waals surface area contributed by atoms with Gasteiger partial charge in [-0.1, -0.05) is 6.07 Å². The number of nitrogens with one attached hydrogen (secondary N) is 1. The Morgan fingerprint density at radius 2 is 2.00 bits per heavy atom. The molecule has 0 atom stereocenters. The molecular formula is C16H17N3O2. The number of methoxy groups -OCH3 is 1. The van der Waals surface area contributed by atoms with E-state index in [2.05, 4.69) is 5.32 Å². The molecule has 2 aromatic carbocycles. The summed E-state index contributed by atoms with van der Waals surface area (Å²) < 4.78 is 5.10. The van der Waals surface area contributed by atoms with Crippen molar-refractivity contribution in [2.24, 2.45) is 0 Å². The largest absolute Gasteiger partial charge is 0.497 e. The van der Waals surface area contributed by atoms with Crippen LogP contribution in [0.2, 0.25) is 0 Å². The fraction of sp³-hybridized carbons (Fsp3) is 0.188. The predicted octanol–water partition coefficient (Wildman–Crippen LogP) is 2.87. The van der Waals surface area contributed by atoms with E-state index in [1.807, 2.05) is 42.5 Å². The summed E-state index contributed by atoms with van der Waals surface area (Å²) in [4.78, 5) is 14.1. The van der Waals surface area contributed by atoms with E-state index in [0.717, 1.165) is 29.1 Å². The van der Waals surface area contributed by atoms with Crippen LogP contribution in [0.5, 0.6) is 5.75 Å². The number of rotatable bonds is 2. The minimum atomic E-state index is -0.149. The molecule has 0 saturated carbocycles. The van der Waals surface area contributed by atoms with Crippen LogP contribution in [-0.4, -0.2) is 19.7 Å². The van der Waals surface area contributed by atoms with E-state index in [1.165, 1.54) is 0 Å². The van der Waals surface area contributed by atoms with Crippen LogP contribution in [0.25, 0.3) is 0 Å². The quantitative estimate of drug-likeness (QED) is 0.833. The highest BCUT2D eigenvalue weighted by Crippen LogP contribution is 2.30. The molecule has 2 aromatic rings. The number of ether oxygens (including phenoxy) is 1. The molecule has 0 radical (unpaired) electrons.